The number of aryl methyl sites for hydroxylation is 1. The molecule has 2 saturated heterocycles. The van der Waals surface area contributed by atoms with Crippen LogP contribution in [0.2, 0.25) is 0 Å². The summed E-state index contributed by atoms with van der Waals surface area (Å²) in [6, 6.07) is 10.7. The first-order chi connectivity index (χ1) is 11.3. The second-order valence-corrected chi connectivity index (χ2v) is 7.02. The number of amides is 1. The maximum atomic E-state index is 13.1. The Kier molecular flexibility index (Phi) is 6.09. The quantitative estimate of drug-likeness (QED) is 0.830. The SMILES string of the molecule is O=C([C@H](CCc1ccccc1)N1CCCCC1)N1CCCCC1. The summed E-state index contributed by atoms with van der Waals surface area (Å²) in [6.45, 7) is 4.13. The van der Waals surface area contributed by atoms with Gasteiger partial charge in [-0.1, -0.05) is 36.8 Å². The number of hydrogen-bond acceptors (Lipinski definition) is 2. The van der Waals surface area contributed by atoms with Crippen LogP contribution in [0.4, 0.5) is 0 Å². The number of nitrogens with zero attached hydrogens (tertiary/aromatic N) is 2. The number of hydrogen-bond donors (Lipinski definition) is 0. The number of benzene rings is 1. The zero-order valence-corrected chi connectivity index (χ0v) is 14.3. The van der Waals surface area contributed by atoms with Gasteiger partial charge in [-0.2, -0.15) is 0 Å². The maximum absolute atomic E-state index is 13.1. The van der Waals surface area contributed by atoms with Gasteiger partial charge in [0.25, 0.3) is 0 Å². The highest BCUT2D eigenvalue weighted by molar-refractivity contribution is 5.82. The predicted octanol–water partition coefficient (Wildman–Crippen LogP) is 3.49. The van der Waals surface area contributed by atoms with Gasteiger partial charge in [-0.25, -0.2) is 0 Å². The molecule has 1 amide bonds. The second kappa shape index (κ2) is 8.49. The number of likely N-dealkylation sites (tertiary alicyclic amines) is 2. The summed E-state index contributed by atoms with van der Waals surface area (Å²) in [7, 11) is 0. The normalized spacial score (nSPS) is 21.1. The fraction of sp³-hybridized carbons (Fsp3) is 0.650. The van der Waals surface area contributed by atoms with Gasteiger partial charge in [0, 0.05) is 13.1 Å². The number of piperidine rings is 2. The number of carbonyl (C=O) groups excluding carboxylic acids is 1. The maximum Gasteiger partial charge on any atom is 0.239 e. The van der Waals surface area contributed by atoms with E-state index in [4.69, 9.17) is 0 Å². The molecule has 1 atom stereocenters. The van der Waals surface area contributed by atoms with Crippen molar-refractivity contribution in [1.29, 1.82) is 0 Å². The first-order valence-electron chi connectivity index (χ1n) is 9.41. The lowest BCUT2D eigenvalue weighted by atomic mass is 9.99. The van der Waals surface area contributed by atoms with E-state index in [1.165, 1.54) is 44.1 Å². The molecule has 0 N–H and O–H groups in total. The van der Waals surface area contributed by atoms with E-state index in [9.17, 15) is 4.79 Å². The Morgan fingerprint density at radius 1 is 0.870 bits per heavy atom. The van der Waals surface area contributed by atoms with Crippen LogP contribution < -0.4 is 0 Å². The van der Waals surface area contributed by atoms with Gasteiger partial charge < -0.3 is 4.90 Å². The van der Waals surface area contributed by atoms with Crippen LogP contribution in [-0.4, -0.2) is 47.9 Å². The molecule has 0 saturated carbocycles. The highest BCUT2D eigenvalue weighted by Gasteiger charge is 2.30. The third-order valence-corrected chi connectivity index (χ3v) is 5.33. The molecule has 3 heteroatoms. The summed E-state index contributed by atoms with van der Waals surface area (Å²) in [5.74, 6) is 0.391. The van der Waals surface area contributed by atoms with Gasteiger partial charge in [-0.05, 0) is 63.6 Å². The van der Waals surface area contributed by atoms with Gasteiger partial charge in [-0.15, -0.1) is 0 Å². The minimum Gasteiger partial charge on any atom is -0.341 e. The lowest BCUT2D eigenvalue weighted by molar-refractivity contribution is -0.138. The summed E-state index contributed by atoms with van der Waals surface area (Å²) in [5, 5.41) is 0. The standard InChI is InChI=1S/C20H30N2O/c23-20(22-16-8-3-9-17-22)19(21-14-6-2-7-15-21)13-12-18-10-4-1-5-11-18/h1,4-5,10-11,19H,2-3,6-9,12-17H2/t19-/m0/s1. The van der Waals surface area contributed by atoms with Gasteiger partial charge >= 0.3 is 0 Å². The molecule has 0 aliphatic carbocycles. The van der Waals surface area contributed by atoms with E-state index in [0.29, 0.717) is 5.91 Å². The first kappa shape index (κ1) is 16.5. The third kappa shape index (κ3) is 4.57. The van der Waals surface area contributed by atoms with E-state index in [0.717, 1.165) is 39.0 Å². The van der Waals surface area contributed by atoms with Crippen molar-refractivity contribution < 1.29 is 4.79 Å². The van der Waals surface area contributed by atoms with Crippen LogP contribution in [0.25, 0.3) is 0 Å². The van der Waals surface area contributed by atoms with E-state index in [1.54, 1.807) is 0 Å². The van der Waals surface area contributed by atoms with E-state index in [2.05, 4.69) is 40.1 Å². The fourth-order valence-electron chi connectivity index (χ4n) is 3.97. The summed E-state index contributed by atoms with van der Waals surface area (Å²) >= 11 is 0. The Hall–Kier alpha value is -1.35. The van der Waals surface area contributed by atoms with Crippen molar-refractivity contribution in [1.82, 2.24) is 9.80 Å². The minimum absolute atomic E-state index is 0.0913. The van der Waals surface area contributed by atoms with Gasteiger partial charge in [-0.3, -0.25) is 9.69 Å². The Morgan fingerprint density at radius 2 is 1.48 bits per heavy atom. The molecule has 0 spiro atoms. The van der Waals surface area contributed by atoms with Crippen LogP contribution in [0.5, 0.6) is 0 Å². The lowest BCUT2D eigenvalue weighted by Gasteiger charge is -2.38. The molecule has 2 heterocycles. The average molecular weight is 314 g/mol. The molecule has 2 fully saturated rings. The highest BCUT2D eigenvalue weighted by Crippen LogP contribution is 2.20. The van der Waals surface area contributed by atoms with Crippen LogP contribution in [-0.2, 0) is 11.2 Å². The molecule has 3 rings (SSSR count). The van der Waals surface area contributed by atoms with Crippen molar-refractivity contribution in [3.05, 3.63) is 35.9 Å². The Morgan fingerprint density at radius 3 is 2.13 bits per heavy atom. The molecule has 1 aromatic carbocycles. The van der Waals surface area contributed by atoms with Gasteiger partial charge in [0.1, 0.15) is 0 Å². The van der Waals surface area contributed by atoms with Crippen molar-refractivity contribution >= 4 is 5.91 Å². The van der Waals surface area contributed by atoms with Gasteiger partial charge in [0.2, 0.25) is 5.91 Å². The molecule has 0 bridgehead atoms. The Labute approximate surface area is 140 Å². The Bertz CT molecular complexity index is 476. The molecule has 23 heavy (non-hydrogen) atoms. The summed E-state index contributed by atoms with van der Waals surface area (Å²) < 4.78 is 0. The van der Waals surface area contributed by atoms with Crippen LogP contribution in [0.1, 0.15) is 50.5 Å². The van der Waals surface area contributed by atoms with Crippen molar-refractivity contribution in [2.45, 2.75) is 57.4 Å². The highest BCUT2D eigenvalue weighted by atomic mass is 16.2. The molecule has 3 nitrogen and oxygen atoms in total. The van der Waals surface area contributed by atoms with Crippen molar-refractivity contribution in [2.24, 2.45) is 0 Å². The van der Waals surface area contributed by atoms with Crippen LogP contribution in [0.15, 0.2) is 30.3 Å². The first-order valence-corrected chi connectivity index (χ1v) is 9.41. The zero-order chi connectivity index (χ0) is 15.9. The molecule has 0 unspecified atom stereocenters. The molecular weight excluding hydrogens is 284 g/mol. The zero-order valence-electron chi connectivity index (χ0n) is 14.3. The van der Waals surface area contributed by atoms with Crippen LogP contribution >= 0.6 is 0 Å². The van der Waals surface area contributed by atoms with Crippen molar-refractivity contribution in [3.8, 4) is 0 Å². The second-order valence-electron chi connectivity index (χ2n) is 7.02. The Balaban J connectivity index is 1.66. The van der Waals surface area contributed by atoms with E-state index in [-0.39, 0.29) is 6.04 Å². The lowest BCUT2D eigenvalue weighted by Crippen LogP contribution is -2.51. The molecule has 1 aromatic rings. The fourth-order valence-corrected chi connectivity index (χ4v) is 3.97. The minimum atomic E-state index is 0.0913. The smallest absolute Gasteiger partial charge is 0.239 e. The largest absolute Gasteiger partial charge is 0.341 e. The van der Waals surface area contributed by atoms with Crippen molar-refractivity contribution in [3.63, 3.8) is 0 Å². The number of carbonyl (C=O) groups is 1. The van der Waals surface area contributed by atoms with E-state index in [1.807, 2.05) is 0 Å². The molecule has 0 aromatic heterocycles. The average Bonchev–Trinajstić information content (AvgIpc) is 2.64. The topological polar surface area (TPSA) is 23.6 Å². The van der Waals surface area contributed by atoms with Gasteiger partial charge in [0.15, 0.2) is 0 Å². The van der Waals surface area contributed by atoms with Crippen LogP contribution in [0.3, 0.4) is 0 Å². The third-order valence-electron chi connectivity index (χ3n) is 5.33. The van der Waals surface area contributed by atoms with E-state index >= 15 is 0 Å². The molecule has 2 aliphatic rings. The summed E-state index contributed by atoms with van der Waals surface area (Å²) in [6.07, 6.45) is 9.40. The monoisotopic (exact) mass is 314 g/mol. The van der Waals surface area contributed by atoms with Crippen LogP contribution in [0, 0.1) is 0 Å². The molecule has 2 aliphatic heterocycles. The van der Waals surface area contributed by atoms with E-state index < -0.39 is 0 Å². The molecule has 126 valence electrons. The summed E-state index contributed by atoms with van der Waals surface area (Å²) in [4.78, 5) is 17.7. The number of rotatable bonds is 5. The predicted molar refractivity (Wildman–Crippen MR) is 94.4 cm³/mol. The summed E-state index contributed by atoms with van der Waals surface area (Å²) in [5.41, 5.74) is 1.35. The molecular formula is C20H30N2O. The molecule has 0 radical (unpaired) electrons. The van der Waals surface area contributed by atoms with Crippen molar-refractivity contribution in [2.75, 3.05) is 26.2 Å². The van der Waals surface area contributed by atoms with Gasteiger partial charge in [0.05, 0.1) is 6.04 Å².